The van der Waals surface area contributed by atoms with Gasteiger partial charge in [0, 0.05) is 19.1 Å². The molecule has 0 spiro atoms. The van der Waals surface area contributed by atoms with Crippen LogP contribution in [0, 0.1) is 11.8 Å². The van der Waals surface area contributed by atoms with Crippen molar-refractivity contribution >= 4 is 0 Å². The first-order valence-electron chi connectivity index (χ1n) is 6.17. The summed E-state index contributed by atoms with van der Waals surface area (Å²) in [5.74, 6) is 2.20. The molecular weight excluding hydrogens is 158 g/mol. The summed E-state index contributed by atoms with van der Waals surface area (Å²) < 4.78 is 0. The van der Waals surface area contributed by atoms with Crippen LogP contribution in [0.1, 0.15) is 44.9 Å². The molecule has 1 saturated heterocycles. The maximum Gasteiger partial charge on any atom is 0.00954 e. The summed E-state index contributed by atoms with van der Waals surface area (Å²) >= 11 is 0. The highest BCUT2D eigenvalue weighted by atomic mass is 15.2. The van der Waals surface area contributed by atoms with Crippen molar-refractivity contribution in [3.63, 3.8) is 0 Å². The van der Waals surface area contributed by atoms with Crippen LogP contribution in [0.4, 0.5) is 0 Å². The minimum Gasteiger partial charge on any atom is -0.300 e. The molecule has 2 saturated carbocycles. The zero-order valence-electron chi connectivity index (χ0n) is 8.54. The fraction of sp³-hybridized carbons (Fsp3) is 1.00. The summed E-state index contributed by atoms with van der Waals surface area (Å²) in [4.78, 5) is 2.82. The maximum absolute atomic E-state index is 2.82. The smallest absolute Gasteiger partial charge is 0.00954 e. The Morgan fingerprint density at radius 3 is 1.92 bits per heavy atom. The topological polar surface area (TPSA) is 3.24 Å². The highest BCUT2D eigenvalue weighted by Gasteiger charge is 2.38. The molecule has 2 atom stereocenters. The lowest BCUT2D eigenvalue weighted by molar-refractivity contribution is 0.228. The molecule has 0 aromatic heterocycles. The van der Waals surface area contributed by atoms with Crippen LogP contribution in [0.3, 0.4) is 0 Å². The predicted molar refractivity (Wildman–Crippen MR) is 54.7 cm³/mol. The summed E-state index contributed by atoms with van der Waals surface area (Å²) in [5, 5.41) is 0. The van der Waals surface area contributed by atoms with E-state index >= 15 is 0 Å². The number of fused-ring (bicyclic) bond motifs is 1. The van der Waals surface area contributed by atoms with Crippen molar-refractivity contribution in [3.8, 4) is 0 Å². The molecule has 1 heterocycles. The van der Waals surface area contributed by atoms with Crippen molar-refractivity contribution in [2.45, 2.75) is 51.0 Å². The molecule has 0 amide bonds. The molecule has 74 valence electrons. The largest absolute Gasteiger partial charge is 0.300 e. The van der Waals surface area contributed by atoms with Gasteiger partial charge in [0.25, 0.3) is 0 Å². The first kappa shape index (κ1) is 8.28. The molecule has 0 radical (unpaired) electrons. The van der Waals surface area contributed by atoms with E-state index in [1.165, 1.54) is 58.0 Å². The van der Waals surface area contributed by atoms with Gasteiger partial charge >= 0.3 is 0 Å². The van der Waals surface area contributed by atoms with Crippen molar-refractivity contribution in [3.05, 3.63) is 0 Å². The Bertz CT molecular complexity index is 172. The third-order valence-corrected chi connectivity index (χ3v) is 4.60. The van der Waals surface area contributed by atoms with E-state index in [1.54, 1.807) is 0 Å². The van der Waals surface area contributed by atoms with Crippen molar-refractivity contribution in [2.24, 2.45) is 11.8 Å². The van der Waals surface area contributed by atoms with Gasteiger partial charge in [0.1, 0.15) is 0 Å². The van der Waals surface area contributed by atoms with E-state index in [1.807, 2.05) is 0 Å². The Morgan fingerprint density at radius 1 is 0.692 bits per heavy atom. The van der Waals surface area contributed by atoms with Gasteiger partial charge in [-0.3, -0.25) is 4.90 Å². The Hall–Kier alpha value is -0.0400. The lowest BCUT2D eigenvalue weighted by Gasteiger charge is -2.24. The molecule has 1 aliphatic heterocycles. The lowest BCUT2D eigenvalue weighted by Crippen LogP contribution is -2.31. The zero-order chi connectivity index (χ0) is 8.67. The molecule has 3 aliphatic rings. The normalized spacial score (nSPS) is 41.5. The van der Waals surface area contributed by atoms with Gasteiger partial charge in [-0.05, 0) is 37.5 Å². The monoisotopic (exact) mass is 179 g/mol. The van der Waals surface area contributed by atoms with Crippen LogP contribution in [0.15, 0.2) is 0 Å². The predicted octanol–water partition coefficient (Wildman–Crippen LogP) is 2.66. The summed E-state index contributed by atoms with van der Waals surface area (Å²) in [6, 6.07) is 0.991. The molecule has 0 unspecified atom stereocenters. The molecule has 3 rings (SSSR count). The van der Waals surface area contributed by atoms with E-state index in [0.29, 0.717) is 0 Å². The Morgan fingerprint density at radius 2 is 1.31 bits per heavy atom. The molecule has 0 bridgehead atoms. The van der Waals surface area contributed by atoms with E-state index in [0.717, 1.165) is 17.9 Å². The van der Waals surface area contributed by atoms with E-state index in [-0.39, 0.29) is 0 Å². The molecule has 1 nitrogen and oxygen atoms in total. The van der Waals surface area contributed by atoms with E-state index in [2.05, 4.69) is 4.90 Å². The minimum absolute atomic E-state index is 0.991. The second kappa shape index (κ2) is 3.27. The molecular formula is C12H21N. The van der Waals surface area contributed by atoms with Crippen LogP contribution >= 0.6 is 0 Å². The fourth-order valence-corrected chi connectivity index (χ4v) is 3.84. The van der Waals surface area contributed by atoms with Gasteiger partial charge in [0.2, 0.25) is 0 Å². The van der Waals surface area contributed by atoms with E-state index in [4.69, 9.17) is 0 Å². The second-order valence-corrected chi connectivity index (χ2v) is 5.34. The molecule has 1 heteroatoms. The van der Waals surface area contributed by atoms with Crippen LogP contribution in [0.2, 0.25) is 0 Å². The van der Waals surface area contributed by atoms with Crippen molar-refractivity contribution in [2.75, 3.05) is 13.1 Å². The molecule has 3 fully saturated rings. The number of nitrogens with zero attached hydrogens (tertiary/aromatic N) is 1. The first-order chi connectivity index (χ1) is 6.43. The van der Waals surface area contributed by atoms with Crippen LogP contribution in [0.25, 0.3) is 0 Å². The average Bonchev–Trinajstić information content (AvgIpc) is 2.78. The first-order valence-corrected chi connectivity index (χ1v) is 6.17. The number of likely N-dealkylation sites (tertiary alicyclic amines) is 1. The Kier molecular flexibility index (Phi) is 2.08. The van der Waals surface area contributed by atoms with Gasteiger partial charge < -0.3 is 0 Å². The van der Waals surface area contributed by atoms with Gasteiger partial charge in [-0.2, -0.15) is 0 Å². The minimum atomic E-state index is 0.991. The Balaban J connectivity index is 1.62. The molecule has 13 heavy (non-hydrogen) atoms. The van der Waals surface area contributed by atoms with Crippen LogP contribution in [-0.2, 0) is 0 Å². The third-order valence-electron chi connectivity index (χ3n) is 4.60. The van der Waals surface area contributed by atoms with Gasteiger partial charge in [0.15, 0.2) is 0 Å². The molecule has 0 N–H and O–H groups in total. The van der Waals surface area contributed by atoms with Crippen LogP contribution < -0.4 is 0 Å². The van der Waals surface area contributed by atoms with Gasteiger partial charge in [0.05, 0.1) is 0 Å². The summed E-state index contributed by atoms with van der Waals surface area (Å²) in [6.45, 7) is 2.91. The third kappa shape index (κ3) is 1.41. The highest BCUT2D eigenvalue weighted by molar-refractivity contribution is 4.92. The second-order valence-electron chi connectivity index (χ2n) is 5.34. The average molecular weight is 179 g/mol. The zero-order valence-corrected chi connectivity index (χ0v) is 8.54. The number of rotatable bonds is 1. The van der Waals surface area contributed by atoms with Crippen molar-refractivity contribution < 1.29 is 0 Å². The van der Waals surface area contributed by atoms with Gasteiger partial charge in [-0.15, -0.1) is 0 Å². The highest BCUT2D eigenvalue weighted by Crippen LogP contribution is 2.40. The number of hydrogen-bond donors (Lipinski definition) is 0. The fourth-order valence-electron chi connectivity index (χ4n) is 3.84. The van der Waals surface area contributed by atoms with Crippen LogP contribution in [0.5, 0.6) is 0 Å². The van der Waals surface area contributed by atoms with Crippen LogP contribution in [-0.4, -0.2) is 24.0 Å². The maximum atomic E-state index is 2.82. The van der Waals surface area contributed by atoms with E-state index in [9.17, 15) is 0 Å². The van der Waals surface area contributed by atoms with Gasteiger partial charge in [-0.1, -0.05) is 19.3 Å². The van der Waals surface area contributed by atoms with Crippen molar-refractivity contribution in [1.82, 2.24) is 4.90 Å². The summed E-state index contributed by atoms with van der Waals surface area (Å²) in [7, 11) is 0. The standard InChI is InChI=1S/C12H21N/c1-2-7-12(6-1)13-8-10-4-3-5-11(10)9-13/h10-12H,1-9H2/t10-,11+. The molecule has 2 aliphatic carbocycles. The van der Waals surface area contributed by atoms with E-state index < -0.39 is 0 Å². The lowest BCUT2D eigenvalue weighted by atomic mass is 10.0. The SMILES string of the molecule is C1CCC(N2C[C@H]3CCC[C@H]3C2)C1. The van der Waals surface area contributed by atoms with Gasteiger partial charge in [-0.25, -0.2) is 0 Å². The Labute approximate surface area is 81.5 Å². The molecule has 0 aromatic rings. The summed E-state index contributed by atoms with van der Waals surface area (Å²) in [6.07, 6.45) is 10.6. The molecule has 0 aromatic carbocycles. The quantitative estimate of drug-likeness (QED) is 0.598. The summed E-state index contributed by atoms with van der Waals surface area (Å²) in [5.41, 5.74) is 0. The number of hydrogen-bond acceptors (Lipinski definition) is 1. The van der Waals surface area contributed by atoms with Crippen molar-refractivity contribution in [1.29, 1.82) is 0 Å².